The van der Waals surface area contributed by atoms with Gasteiger partial charge in [-0.15, -0.1) is 11.8 Å². The van der Waals surface area contributed by atoms with Gasteiger partial charge in [0.2, 0.25) is 0 Å². The highest BCUT2D eigenvalue weighted by atomic mass is 32.2. The number of nitrogens with zero attached hydrogens (tertiary/aromatic N) is 2. The van der Waals surface area contributed by atoms with E-state index >= 15 is 0 Å². The summed E-state index contributed by atoms with van der Waals surface area (Å²) in [5.74, 6) is 0.162. The predicted molar refractivity (Wildman–Crippen MR) is 104 cm³/mol. The summed E-state index contributed by atoms with van der Waals surface area (Å²) in [5, 5.41) is 12.1. The monoisotopic (exact) mass is 383 g/mol. The van der Waals surface area contributed by atoms with Gasteiger partial charge in [0.15, 0.2) is 0 Å². The van der Waals surface area contributed by atoms with Gasteiger partial charge in [0.25, 0.3) is 0 Å². The lowest BCUT2D eigenvalue weighted by molar-refractivity contribution is -0.133. The third-order valence-electron chi connectivity index (χ3n) is 3.54. The molecule has 1 amide bonds. The van der Waals surface area contributed by atoms with Crippen molar-refractivity contribution in [1.29, 1.82) is 0 Å². The minimum atomic E-state index is -0.899. The van der Waals surface area contributed by atoms with Crippen LogP contribution in [-0.4, -0.2) is 32.9 Å². The van der Waals surface area contributed by atoms with Gasteiger partial charge in [-0.25, -0.2) is 14.8 Å². The molecular weight excluding hydrogens is 366 g/mol. The summed E-state index contributed by atoms with van der Waals surface area (Å²) in [4.78, 5) is 31.6. The molecule has 3 aromatic rings. The van der Waals surface area contributed by atoms with Gasteiger partial charge in [0.05, 0.1) is 17.0 Å². The number of ether oxygens (including phenoxy) is 1. The summed E-state index contributed by atoms with van der Waals surface area (Å²) >= 11 is 1.19. The van der Waals surface area contributed by atoms with Crippen LogP contribution in [0.5, 0.6) is 0 Å². The van der Waals surface area contributed by atoms with Crippen LogP contribution in [0.2, 0.25) is 0 Å². The van der Waals surface area contributed by atoms with E-state index in [0.717, 1.165) is 5.56 Å². The van der Waals surface area contributed by atoms with E-state index in [1.54, 1.807) is 6.07 Å². The number of fused-ring (bicyclic) bond motifs is 1. The molecule has 7 nitrogen and oxygen atoms in total. The van der Waals surface area contributed by atoms with E-state index in [0.29, 0.717) is 28.3 Å². The fourth-order valence-electron chi connectivity index (χ4n) is 2.37. The van der Waals surface area contributed by atoms with Crippen molar-refractivity contribution in [1.82, 2.24) is 9.97 Å². The lowest BCUT2D eigenvalue weighted by Gasteiger charge is -2.10. The zero-order valence-corrected chi connectivity index (χ0v) is 15.1. The van der Waals surface area contributed by atoms with Gasteiger partial charge < -0.3 is 9.84 Å². The minimum Gasteiger partial charge on any atom is -0.481 e. The number of anilines is 1. The second-order valence-corrected chi connectivity index (χ2v) is 6.56. The van der Waals surface area contributed by atoms with E-state index in [1.807, 2.05) is 48.5 Å². The first-order valence-corrected chi connectivity index (χ1v) is 9.30. The molecule has 0 atom stereocenters. The summed E-state index contributed by atoms with van der Waals surface area (Å²) in [6.07, 6.45) is -0.619. The Morgan fingerprint density at radius 2 is 1.78 bits per heavy atom. The zero-order valence-electron chi connectivity index (χ0n) is 14.3. The first-order chi connectivity index (χ1) is 13.1. The predicted octanol–water partition coefficient (Wildman–Crippen LogP) is 3.70. The van der Waals surface area contributed by atoms with Crippen molar-refractivity contribution < 1.29 is 19.4 Å². The number of carboxylic acids is 1. The van der Waals surface area contributed by atoms with Crippen molar-refractivity contribution in [3.8, 4) is 0 Å². The van der Waals surface area contributed by atoms with Crippen LogP contribution >= 0.6 is 11.8 Å². The van der Waals surface area contributed by atoms with Crippen molar-refractivity contribution in [2.45, 2.75) is 12.4 Å². The summed E-state index contributed by atoms with van der Waals surface area (Å²) < 4.78 is 5.24. The third kappa shape index (κ3) is 5.42. The van der Waals surface area contributed by atoms with Crippen molar-refractivity contribution >= 4 is 40.5 Å². The van der Waals surface area contributed by atoms with E-state index in [-0.39, 0.29) is 12.4 Å². The number of carbonyl (C=O) groups excluding carboxylic acids is 1. The van der Waals surface area contributed by atoms with Crippen molar-refractivity contribution in [3.05, 3.63) is 66.0 Å². The lowest BCUT2D eigenvalue weighted by atomic mass is 10.2. The fraction of sp³-hybridized carbons (Fsp3) is 0.158. The van der Waals surface area contributed by atoms with Crippen molar-refractivity contribution in [2.75, 3.05) is 11.1 Å². The number of amides is 1. The highest BCUT2D eigenvalue weighted by molar-refractivity contribution is 7.99. The molecular formula is C19H17N3O4S. The Labute approximate surface area is 159 Å². The Kier molecular flexibility index (Phi) is 6.22. The average molecular weight is 383 g/mol. The molecule has 1 aromatic heterocycles. The van der Waals surface area contributed by atoms with E-state index in [1.165, 1.54) is 11.8 Å². The number of benzene rings is 2. The van der Waals surface area contributed by atoms with Gasteiger partial charge in [-0.05, 0) is 17.7 Å². The number of thioether (sulfide) groups is 1. The number of aliphatic carboxylic acids is 1. The number of rotatable bonds is 7. The SMILES string of the molecule is O=C(O)CSCc1nc(NC(=O)OCc2ccccc2)c2ccccc2n1. The quantitative estimate of drug-likeness (QED) is 0.641. The van der Waals surface area contributed by atoms with E-state index in [2.05, 4.69) is 15.3 Å². The van der Waals surface area contributed by atoms with Gasteiger partial charge in [-0.2, -0.15) is 0 Å². The molecule has 0 spiro atoms. The number of hydrogen-bond acceptors (Lipinski definition) is 6. The molecule has 2 N–H and O–H groups in total. The Morgan fingerprint density at radius 3 is 2.56 bits per heavy atom. The van der Waals surface area contributed by atoms with E-state index in [4.69, 9.17) is 9.84 Å². The molecule has 8 heteroatoms. The smallest absolute Gasteiger partial charge is 0.413 e. The standard InChI is InChI=1S/C19H17N3O4S/c23-17(24)12-27-11-16-20-15-9-5-4-8-14(15)18(21-16)22-19(25)26-10-13-6-2-1-3-7-13/h1-9H,10-12H2,(H,23,24)(H,20,21,22,25). The van der Waals surface area contributed by atoms with E-state index < -0.39 is 12.1 Å². The first-order valence-electron chi connectivity index (χ1n) is 8.15. The molecule has 0 aliphatic heterocycles. The van der Waals surface area contributed by atoms with Crippen molar-refractivity contribution in [2.24, 2.45) is 0 Å². The number of hydrogen-bond donors (Lipinski definition) is 2. The zero-order chi connectivity index (χ0) is 19.1. The Morgan fingerprint density at radius 1 is 1.04 bits per heavy atom. The number of aromatic nitrogens is 2. The highest BCUT2D eigenvalue weighted by Gasteiger charge is 2.12. The van der Waals surface area contributed by atoms with Crippen LogP contribution in [0.15, 0.2) is 54.6 Å². The van der Waals surface area contributed by atoms with Gasteiger partial charge in [-0.3, -0.25) is 10.1 Å². The molecule has 138 valence electrons. The van der Waals surface area contributed by atoms with Crippen LogP contribution in [0.1, 0.15) is 11.4 Å². The molecule has 0 fully saturated rings. The van der Waals surface area contributed by atoms with Crippen LogP contribution in [0, 0.1) is 0 Å². The molecule has 0 saturated heterocycles. The Balaban J connectivity index is 1.73. The Bertz CT molecular complexity index is 950. The fourth-order valence-corrected chi connectivity index (χ4v) is 2.96. The first kappa shape index (κ1) is 18.7. The topological polar surface area (TPSA) is 101 Å². The molecule has 0 radical (unpaired) electrons. The molecule has 0 aliphatic carbocycles. The summed E-state index contributed by atoms with van der Waals surface area (Å²) in [6.45, 7) is 0.150. The van der Waals surface area contributed by atoms with Gasteiger partial charge in [-0.1, -0.05) is 42.5 Å². The van der Waals surface area contributed by atoms with Gasteiger partial charge in [0, 0.05) is 5.39 Å². The molecule has 3 rings (SSSR count). The number of carbonyl (C=O) groups is 2. The number of para-hydroxylation sites is 1. The Hall–Kier alpha value is -3.13. The van der Waals surface area contributed by atoms with Gasteiger partial charge in [0.1, 0.15) is 18.2 Å². The van der Waals surface area contributed by atoms with Crippen LogP contribution in [0.4, 0.5) is 10.6 Å². The maximum Gasteiger partial charge on any atom is 0.413 e. The molecule has 2 aromatic carbocycles. The molecule has 0 aliphatic rings. The molecule has 0 unspecified atom stereocenters. The maximum atomic E-state index is 12.2. The minimum absolute atomic E-state index is 0.0436. The maximum absolute atomic E-state index is 12.2. The summed E-state index contributed by atoms with van der Waals surface area (Å²) in [7, 11) is 0. The molecule has 1 heterocycles. The lowest BCUT2D eigenvalue weighted by Crippen LogP contribution is -2.15. The highest BCUT2D eigenvalue weighted by Crippen LogP contribution is 2.22. The summed E-state index contributed by atoms with van der Waals surface area (Å²) in [6, 6.07) is 16.6. The second kappa shape index (κ2) is 9.00. The third-order valence-corrected chi connectivity index (χ3v) is 4.45. The van der Waals surface area contributed by atoms with Crippen molar-refractivity contribution in [3.63, 3.8) is 0 Å². The van der Waals surface area contributed by atoms with Gasteiger partial charge >= 0.3 is 12.1 Å². The van der Waals surface area contributed by atoms with Crippen LogP contribution in [0.25, 0.3) is 10.9 Å². The largest absolute Gasteiger partial charge is 0.481 e. The summed E-state index contributed by atoms with van der Waals surface area (Å²) in [5.41, 5.74) is 1.54. The number of carboxylic acid groups (broad SMARTS) is 1. The second-order valence-electron chi connectivity index (χ2n) is 5.58. The van der Waals surface area contributed by atoms with E-state index in [9.17, 15) is 9.59 Å². The molecule has 27 heavy (non-hydrogen) atoms. The average Bonchev–Trinajstić information content (AvgIpc) is 2.67. The number of nitrogens with one attached hydrogen (secondary N) is 1. The normalized spacial score (nSPS) is 10.5. The molecule has 0 bridgehead atoms. The van der Waals surface area contributed by atoms with Crippen LogP contribution in [-0.2, 0) is 21.9 Å². The molecule has 0 saturated carbocycles. The van der Waals surface area contributed by atoms with Crippen LogP contribution < -0.4 is 5.32 Å². The van der Waals surface area contributed by atoms with Crippen LogP contribution in [0.3, 0.4) is 0 Å².